The molecule has 4 nitrogen and oxygen atoms in total. The van der Waals surface area contributed by atoms with Gasteiger partial charge >= 0.3 is 0 Å². The van der Waals surface area contributed by atoms with Gasteiger partial charge in [0.05, 0.1) is 15.9 Å². The summed E-state index contributed by atoms with van der Waals surface area (Å²) in [6.07, 6.45) is 12.8. The highest BCUT2D eigenvalue weighted by atomic mass is 32.1. The molecule has 0 unspecified atom stereocenters. The molecule has 0 fully saturated rings. The van der Waals surface area contributed by atoms with Gasteiger partial charge in [-0.15, -0.1) is 11.3 Å². The number of hydrogen-bond acceptors (Lipinski definition) is 3. The number of fused-ring (bicyclic) bond motifs is 1. The lowest BCUT2D eigenvalue weighted by molar-refractivity contribution is 0.0958. The molecule has 1 N–H and O–H groups in total. The van der Waals surface area contributed by atoms with Crippen molar-refractivity contribution in [1.82, 2.24) is 14.9 Å². The molecule has 0 spiro atoms. The Kier molecular flexibility index (Phi) is 9.42. The molecule has 2 aromatic heterocycles. The Bertz CT molecular complexity index is 885. The number of nitrogens with one attached hydrogen (secondary N) is 1. The Morgan fingerprint density at radius 2 is 1.70 bits per heavy atom. The number of benzene rings is 1. The summed E-state index contributed by atoms with van der Waals surface area (Å²) in [6, 6.07) is 12.1. The van der Waals surface area contributed by atoms with Crippen molar-refractivity contribution in [2.45, 2.75) is 77.7 Å². The number of aromatic nitrogens is 2. The van der Waals surface area contributed by atoms with E-state index in [1.807, 2.05) is 23.6 Å². The quantitative estimate of drug-likeness (QED) is 0.296. The van der Waals surface area contributed by atoms with Crippen LogP contribution in [-0.2, 0) is 13.0 Å². The molecule has 0 atom stereocenters. The van der Waals surface area contributed by atoms with Crippen molar-refractivity contribution in [3.63, 3.8) is 0 Å². The van der Waals surface area contributed by atoms with Crippen LogP contribution in [0.25, 0.3) is 11.0 Å². The summed E-state index contributed by atoms with van der Waals surface area (Å²) in [5.41, 5.74) is 2.25. The number of aryl methyl sites for hydroxylation is 1. The number of nitrogens with zero attached hydrogens (tertiary/aromatic N) is 2. The van der Waals surface area contributed by atoms with Crippen molar-refractivity contribution < 1.29 is 4.79 Å². The molecule has 0 bridgehead atoms. The van der Waals surface area contributed by atoms with Gasteiger partial charge in [-0.2, -0.15) is 0 Å². The molecule has 2 heterocycles. The minimum Gasteiger partial charge on any atom is -0.351 e. The van der Waals surface area contributed by atoms with Gasteiger partial charge in [-0.1, -0.05) is 76.5 Å². The molecule has 0 aliphatic rings. The molecule has 0 saturated carbocycles. The third-order valence-corrected chi connectivity index (χ3v) is 6.47. The highest BCUT2D eigenvalue weighted by Gasteiger charge is 2.11. The number of thiophene rings is 1. The van der Waals surface area contributed by atoms with Gasteiger partial charge in [0.25, 0.3) is 5.91 Å². The monoisotopic (exact) mass is 425 g/mol. The minimum absolute atomic E-state index is 0.00611. The van der Waals surface area contributed by atoms with E-state index in [2.05, 4.69) is 35.0 Å². The maximum Gasteiger partial charge on any atom is 0.261 e. The number of rotatable bonds is 14. The van der Waals surface area contributed by atoms with Crippen molar-refractivity contribution in [2.24, 2.45) is 0 Å². The summed E-state index contributed by atoms with van der Waals surface area (Å²) in [5.74, 6) is 1.08. The van der Waals surface area contributed by atoms with Crippen molar-refractivity contribution in [2.75, 3.05) is 6.54 Å². The normalized spacial score (nSPS) is 11.2. The summed E-state index contributed by atoms with van der Waals surface area (Å²) in [4.78, 5) is 17.8. The third kappa shape index (κ3) is 6.69. The van der Waals surface area contributed by atoms with Crippen molar-refractivity contribution in [1.29, 1.82) is 0 Å². The molecule has 1 amide bonds. The molecule has 5 heteroatoms. The summed E-state index contributed by atoms with van der Waals surface area (Å²) < 4.78 is 2.36. The molecule has 3 aromatic rings. The number of carbonyl (C=O) groups is 1. The average Bonchev–Trinajstić information content (AvgIpc) is 3.41. The van der Waals surface area contributed by atoms with Crippen LogP contribution >= 0.6 is 11.3 Å². The Morgan fingerprint density at radius 1 is 0.967 bits per heavy atom. The molecule has 162 valence electrons. The van der Waals surface area contributed by atoms with Crippen LogP contribution in [0.2, 0.25) is 0 Å². The molecule has 0 radical (unpaired) electrons. The largest absolute Gasteiger partial charge is 0.351 e. The van der Waals surface area contributed by atoms with E-state index in [9.17, 15) is 4.79 Å². The van der Waals surface area contributed by atoms with E-state index in [1.165, 1.54) is 74.6 Å². The standard InChI is InChI=1S/C25H35N3OS/c1-2-3-4-5-6-7-8-9-12-19-28-22-15-11-10-14-21(22)27-24(28)17-18-26-25(29)23-16-13-20-30-23/h10-11,13-16,20H,2-9,12,17-19H2,1H3,(H,26,29). The number of para-hydroxylation sites is 2. The summed E-state index contributed by atoms with van der Waals surface area (Å²) >= 11 is 1.47. The molecular weight excluding hydrogens is 390 g/mol. The molecule has 0 saturated heterocycles. The number of imidazole rings is 1. The van der Waals surface area contributed by atoms with Crippen LogP contribution in [0.3, 0.4) is 0 Å². The van der Waals surface area contributed by atoms with Crippen LogP contribution < -0.4 is 5.32 Å². The topological polar surface area (TPSA) is 46.9 Å². The van der Waals surface area contributed by atoms with Crippen LogP contribution in [0.5, 0.6) is 0 Å². The zero-order valence-corrected chi connectivity index (χ0v) is 19.1. The number of amides is 1. The van der Waals surface area contributed by atoms with Crippen LogP contribution in [0.15, 0.2) is 41.8 Å². The Hall–Kier alpha value is -2.14. The zero-order chi connectivity index (χ0) is 21.0. The highest BCUT2D eigenvalue weighted by Crippen LogP contribution is 2.18. The van der Waals surface area contributed by atoms with E-state index < -0.39 is 0 Å². The lowest BCUT2D eigenvalue weighted by atomic mass is 10.1. The lowest BCUT2D eigenvalue weighted by Gasteiger charge is -2.10. The first-order valence-electron chi connectivity index (χ1n) is 11.6. The second kappa shape index (κ2) is 12.5. The van der Waals surface area contributed by atoms with Gasteiger partial charge < -0.3 is 9.88 Å². The molecule has 3 rings (SSSR count). The van der Waals surface area contributed by atoms with Crippen molar-refractivity contribution >= 4 is 28.3 Å². The van der Waals surface area contributed by atoms with Gasteiger partial charge in [0.2, 0.25) is 0 Å². The van der Waals surface area contributed by atoms with E-state index in [4.69, 9.17) is 4.98 Å². The lowest BCUT2D eigenvalue weighted by Crippen LogP contribution is -2.25. The molecule has 1 aromatic carbocycles. The maximum atomic E-state index is 12.2. The first kappa shape index (κ1) is 22.5. The predicted molar refractivity (Wildman–Crippen MR) is 127 cm³/mol. The molecular formula is C25H35N3OS. The third-order valence-electron chi connectivity index (χ3n) is 5.60. The Balaban J connectivity index is 1.47. The fraction of sp³-hybridized carbons (Fsp3) is 0.520. The van der Waals surface area contributed by atoms with E-state index in [-0.39, 0.29) is 5.91 Å². The SMILES string of the molecule is CCCCCCCCCCCn1c(CCNC(=O)c2cccs2)nc2ccccc21. The van der Waals surface area contributed by atoms with Crippen molar-refractivity contribution in [3.8, 4) is 0 Å². The number of hydrogen-bond donors (Lipinski definition) is 1. The summed E-state index contributed by atoms with van der Waals surface area (Å²) in [5, 5.41) is 4.96. The maximum absolute atomic E-state index is 12.2. The van der Waals surface area contributed by atoms with Gasteiger partial charge in [0.1, 0.15) is 5.82 Å². The fourth-order valence-electron chi connectivity index (χ4n) is 3.93. The molecule has 30 heavy (non-hydrogen) atoms. The van der Waals surface area contributed by atoms with Crippen molar-refractivity contribution in [3.05, 3.63) is 52.5 Å². The highest BCUT2D eigenvalue weighted by molar-refractivity contribution is 7.12. The van der Waals surface area contributed by atoms with E-state index in [0.29, 0.717) is 6.54 Å². The second-order valence-corrected chi connectivity index (χ2v) is 8.93. The first-order valence-corrected chi connectivity index (χ1v) is 12.4. The van der Waals surface area contributed by atoms with Gasteiger partial charge in [0, 0.05) is 19.5 Å². The number of carbonyl (C=O) groups excluding carboxylic acids is 1. The van der Waals surface area contributed by atoms with Crippen LogP contribution in [0.4, 0.5) is 0 Å². The van der Waals surface area contributed by atoms with Gasteiger partial charge in [-0.05, 0) is 30.0 Å². The second-order valence-electron chi connectivity index (χ2n) is 7.98. The fourth-order valence-corrected chi connectivity index (χ4v) is 4.57. The molecule has 0 aliphatic heterocycles. The minimum atomic E-state index is 0.00611. The van der Waals surface area contributed by atoms with Crippen LogP contribution in [0.1, 0.15) is 80.2 Å². The first-order chi connectivity index (χ1) is 14.8. The number of unbranched alkanes of at least 4 members (excludes halogenated alkanes) is 8. The zero-order valence-electron chi connectivity index (χ0n) is 18.2. The smallest absolute Gasteiger partial charge is 0.261 e. The van der Waals surface area contributed by atoms with Crippen LogP contribution in [-0.4, -0.2) is 22.0 Å². The Labute approximate surface area is 184 Å². The van der Waals surface area contributed by atoms with E-state index >= 15 is 0 Å². The average molecular weight is 426 g/mol. The van der Waals surface area contributed by atoms with Gasteiger partial charge in [-0.25, -0.2) is 4.98 Å². The molecule has 0 aliphatic carbocycles. The van der Waals surface area contributed by atoms with E-state index in [1.54, 1.807) is 0 Å². The van der Waals surface area contributed by atoms with Gasteiger partial charge in [-0.3, -0.25) is 4.79 Å². The van der Waals surface area contributed by atoms with E-state index in [0.717, 1.165) is 29.2 Å². The Morgan fingerprint density at radius 3 is 2.43 bits per heavy atom. The summed E-state index contributed by atoms with van der Waals surface area (Å²) in [6.45, 7) is 3.88. The predicted octanol–water partition coefficient (Wildman–Crippen LogP) is 6.60. The summed E-state index contributed by atoms with van der Waals surface area (Å²) in [7, 11) is 0. The van der Waals surface area contributed by atoms with Crippen LogP contribution in [0, 0.1) is 0 Å². The van der Waals surface area contributed by atoms with Gasteiger partial charge in [0.15, 0.2) is 0 Å².